The maximum atomic E-state index is 11.9. The summed E-state index contributed by atoms with van der Waals surface area (Å²) in [6, 6.07) is 8.49. The molecule has 1 aromatic rings. The molecule has 164 valence electrons. The summed E-state index contributed by atoms with van der Waals surface area (Å²) in [5.74, 6) is 0.778. The molecule has 1 amide bonds. The fourth-order valence-corrected chi connectivity index (χ4v) is 2.91. The van der Waals surface area contributed by atoms with E-state index in [1.807, 2.05) is 20.8 Å². The normalized spacial score (nSPS) is 15.4. The van der Waals surface area contributed by atoms with Crippen LogP contribution >= 0.6 is 24.0 Å². The van der Waals surface area contributed by atoms with Crippen molar-refractivity contribution < 1.29 is 9.53 Å². The SMILES string of the molecule is CN=C(NCCNC(=O)C(C)(C)C)NCc1ccccc1CN1CCOCC1.I. The highest BCUT2D eigenvalue weighted by molar-refractivity contribution is 14.0. The summed E-state index contributed by atoms with van der Waals surface area (Å²) in [6.45, 7) is 12.1. The number of nitrogens with zero attached hydrogens (tertiary/aromatic N) is 2. The zero-order valence-corrected chi connectivity index (χ0v) is 20.4. The van der Waals surface area contributed by atoms with E-state index < -0.39 is 0 Å². The van der Waals surface area contributed by atoms with Crippen molar-refractivity contribution in [1.29, 1.82) is 0 Å². The largest absolute Gasteiger partial charge is 0.379 e. The van der Waals surface area contributed by atoms with Gasteiger partial charge in [-0.3, -0.25) is 14.7 Å². The zero-order chi connectivity index (χ0) is 20.4. The van der Waals surface area contributed by atoms with Crippen LogP contribution in [-0.4, -0.2) is 63.2 Å². The van der Waals surface area contributed by atoms with Gasteiger partial charge in [-0.2, -0.15) is 0 Å². The number of carbonyl (C=O) groups is 1. The van der Waals surface area contributed by atoms with Crippen molar-refractivity contribution in [2.45, 2.75) is 33.9 Å². The van der Waals surface area contributed by atoms with E-state index in [1.54, 1.807) is 7.05 Å². The summed E-state index contributed by atoms with van der Waals surface area (Å²) in [5.41, 5.74) is 2.21. The Hall–Kier alpha value is -1.39. The van der Waals surface area contributed by atoms with Crippen molar-refractivity contribution in [3.63, 3.8) is 0 Å². The molecule has 0 aromatic heterocycles. The highest BCUT2D eigenvalue weighted by Gasteiger charge is 2.20. The van der Waals surface area contributed by atoms with Crippen molar-refractivity contribution in [2.24, 2.45) is 10.4 Å². The van der Waals surface area contributed by atoms with E-state index in [0.29, 0.717) is 19.6 Å². The number of aliphatic imine (C=N–C) groups is 1. The number of hydrogen-bond donors (Lipinski definition) is 3. The quantitative estimate of drug-likeness (QED) is 0.223. The molecule has 0 radical (unpaired) electrons. The number of halogens is 1. The van der Waals surface area contributed by atoms with E-state index in [0.717, 1.165) is 38.8 Å². The molecule has 1 aliphatic rings. The van der Waals surface area contributed by atoms with E-state index in [2.05, 4.69) is 50.1 Å². The number of rotatable bonds is 7. The fraction of sp³-hybridized carbons (Fsp3) is 0.619. The molecule has 1 heterocycles. The van der Waals surface area contributed by atoms with Gasteiger partial charge < -0.3 is 20.7 Å². The lowest BCUT2D eigenvalue weighted by atomic mass is 9.96. The monoisotopic (exact) mass is 517 g/mol. The first-order valence-electron chi connectivity index (χ1n) is 10.00. The van der Waals surface area contributed by atoms with Gasteiger partial charge in [-0.05, 0) is 11.1 Å². The third-order valence-electron chi connectivity index (χ3n) is 4.67. The molecule has 2 rings (SSSR count). The van der Waals surface area contributed by atoms with Crippen LogP contribution in [0.3, 0.4) is 0 Å². The lowest BCUT2D eigenvalue weighted by molar-refractivity contribution is -0.128. The first-order chi connectivity index (χ1) is 13.4. The standard InChI is InChI=1S/C21H35N5O2.HI/c1-21(2,3)19(27)23-9-10-24-20(22-4)25-15-17-7-5-6-8-18(17)16-26-11-13-28-14-12-26;/h5-8H,9-16H2,1-4H3,(H,23,27)(H2,22,24,25);1H. The minimum absolute atomic E-state index is 0. The van der Waals surface area contributed by atoms with E-state index in [9.17, 15) is 4.79 Å². The van der Waals surface area contributed by atoms with Crippen LogP contribution in [0.25, 0.3) is 0 Å². The molecule has 7 nitrogen and oxygen atoms in total. The van der Waals surface area contributed by atoms with Gasteiger partial charge in [0, 0.05) is 51.7 Å². The summed E-state index contributed by atoms with van der Waals surface area (Å²) in [4.78, 5) is 18.6. The van der Waals surface area contributed by atoms with Gasteiger partial charge >= 0.3 is 0 Å². The molecule has 0 unspecified atom stereocenters. The minimum atomic E-state index is -0.371. The highest BCUT2D eigenvalue weighted by Crippen LogP contribution is 2.13. The van der Waals surface area contributed by atoms with Crippen molar-refractivity contribution in [3.05, 3.63) is 35.4 Å². The molecule has 0 spiro atoms. The molecule has 1 aromatic carbocycles. The molecular weight excluding hydrogens is 481 g/mol. The number of hydrogen-bond acceptors (Lipinski definition) is 4. The predicted octanol–water partition coefficient (Wildman–Crippen LogP) is 1.96. The van der Waals surface area contributed by atoms with E-state index in [4.69, 9.17) is 4.74 Å². The number of nitrogens with one attached hydrogen (secondary N) is 3. The van der Waals surface area contributed by atoms with Gasteiger partial charge in [0.2, 0.25) is 5.91 Å². The number of amides is 1. The van der Waals surface area contributed by atoms with Crippen LogP contribution in [0.1, 0.15) is 31.9 Å². The molecule has 1 saturated heterocycles. The smallest absolute Gasteiger partial charge is 0.225 e. The molecule has 0 aliphatic carbocycles. The lowest BCUT2D eigenvalue weighted by Gasteiger charge is -2.27. The molecule has 1 fully saturated rings. The van der Waals surface area contributed by atoms with Crippen molar-refractivity contribution in [3.8, 4) is 0 Å². The topological polar surface area (TPSA) is 78.0 Å². The molecular formula is C21H36IN5O2. The van der Waals surface area contributed by atoms with E-state index in [-0.39, 0.29) is 35.3 Å². The summed E-state index contributed by atoms with van der Waals surface area (Å²) < 4.78 is 5.44. The summed E-state index contributed by atoms with van der Waals surface area (Å²) in [6.07, 6.45) is 0. The molecule has 1 aliphatic heterocycles. The Morgan fingerprint density at radius 2 is 1.69 bits per heavy atom. The van der Waals surface area contributed by atoms with Crippen LogP contribution < -0.4 is 16.0 Å². The summed E-state index contributed by atoms with van der Waals surface area (Å²) in [7, 11) is 1.75. The second kappa shape index (κ2) is 13.0. The first-order valence-corrected chi connectivity index (χ1v) is 10.00. The Morgan fingerprint density at radius 3 is 2.31 bits per heavy atom. The number of benzene rings is 1. The molecule has 3 N–H and O–H groups in total. The number of carbonyl (C=O) groups excluding carboxylic acids is 1. The lowest BCUT2D eigenvalue weighted by Crippen LogP contribution is -2.43. The van der Waals surface area contributed by atoms with Gasteiger partial charge in [0.05, 0.1) is 13.2 Å². The van der Waals surface area contributed by atoms with Gasteiger partial charge in [0.15, 0.2) is 5.96 Å². The molecule has 8 heteroatoms. The average molecular weight is 517 g/mol. The second-order valence-electron chi connectivity index (χ2n) is 8.02. The van der Waals surface area contributed by atoms with Crippen LogP contribution in [0.15, 0.2) is 29.3 Å². The van der Waals surface area contributed by atoms with Crippen molar-refractivity contribution in [2.75, 3.05) is 46.4 Å². The van der Waals surface area contributed by atoms with Gasteiger partial charge in [-0.1, -0.05) is 45.0 Å². The average Bonchev–Trinajstić information content (AvgIpc) is 2.68. The molecule has 0 atom stereocenters. The molecule has 29 heavy (non-hydrogen) atoms. The maximum Gasteiger partial charge on any atom is 0.225 e. The van der Waals surface area contributed by atoms with Gasteiger partial charge in [-0.25, -0.2) is 0 Å². The third-order valence-corrected chi connectivity index (χ3v) is 4.67. The Morgan fingerprint density at radius 1 is 1.07 bits per heavy atom. The highest BCUT2D eigenvalue weighted by atomic mass is 127. The summed E-state index contributed by atoms with van der Waals surface area (Å²) in [5, 5.41) is 9.54. The Kier molecular flexibility index (Phi) is 11.5. The number of ether oxygens (including phenoxy) is 1. The predicted molar refractivity (Wildman–Crippen MR) is 129 cm³/mol. The Bertz CT molecular complexity index is 655. The maximum absolute atomic E-state index is 11.9. The second-order valence-corrected chi connectivity index (χ2v) is 8.02. The van der Waals surface area contributed by atoms with Crippen LogP contribution in [0.4, 0.5) is 0 Å². The number of guanidine groups is 1. The third kappa shape index (κ3) is 9.31. The van der Waals surface area contributed by atoms with Crippen LogP contribution in [0.2, 0.25) is 0 Å². The fourth-order valence-electron chi connectivity index (χ4n) is 2.91. The van der Waals surface area contributed by atoms with Gasteiger partial charge in [0.1, 0.15) is 0 Å². The zero-order valence-electron chi connectivity index (χ0n) is 18.1. The summed E-state index contributed by atoms with van der Waals surface area (Å²) >= 11 is 0. The van der Waals surface area contributed by atoms with Gasteiger partial charge in [-0.15, -0.1) is 24.0 Å². The van der Waals surface area contributed by atoms with Crippen molar-refractivity contribution in [1.82, 2.24) is 20.9 Å². The van der Waals surface area contributed by atoms with E-state index >= 15 is 0 Å². The van der Waals surface area contributed by atoms with Crippen molar-refractivity contribution >= 4 is 35.8 Å². The Balaban J connectivity index is 0.00000420. The van der Waals surface area contributed by atoms with Crippen LogP contribution in [-0.2, 0) is 22.6 Å². The molecule has 0 bridgehead atoms. The van der Waals surface area contributed by atoms with Crippen LogP contribution in [0, 0.1) is 5.41 Å². The van der Waals surface area contributed by atoms with Crippen LogP contribution in [0.5, 0.6) is 0 Å². The molecule has 0 saturated carbocycles. The van der Waals surface area contributed by atoms with Gasteiger partial charge in [0.25, 0.3) is 0 Å². The number of morpholine rings is 1. The Labute approximate surface area is 192 Å². The first kappa shape index (κ1) is 25.6. The van der Waals surface area contributed by atoms with E-state index in [1.165, 1.54) is 11.1 Å². The minimum Gasteiger partial charge on any atom is -0.379 e.